The van der Waals surface area contributed by atoms with Gasteiger partial charge in [0.2, 0.25) is 0 Å². The number of rotatable bonds is 4. The Hall–Kier alpha value is -1.62. The van der Waals surface area contributed by atoms with E-state index in [-0.39, 0.29) is 17.5 Å². The third kappa shape index (κ3) is 2.87. The van der Waals surface area contributed by atoms with E-state index >= 15 is 0 Å². The molecule has 1 aromatic heterocycles. The van der Waals surface area contributed by atoms with Crippen LogP contribution in [0.25, 0.3) is 0 Å². The molecule has 0 radical (unpaired) electrons. The highest BCUT2D eigenvalue weighted by Crippen LogP contribution is 2.29. The minimum absolute atomic E-state index is 0.0520. The normalized spacial score (nSPS) is 20.2. The Morgan fingerprint density at radius 1 is 1.42 bits per heavy atom. The van der Waals surface area contributed by atoms with Crippen LogP contribution in [-0.2, 0) is 0 Å². The summed E-state index contributed by atoms with van der Waals surface area (Å²) in [5.74, 6) is 0. The number of aromatic nitrogens is 1. The molecule has 1 aliphatic rings. The molecule has 2 rings (SSSR count). The van der Waals surface area contributed by atoms with Crippen LogP contribution in [-0.4, -0.2) is 47.5 Å². The van der Waals surface area contributed by atoms with Crippen molar-refractivity contribution in [1.82, 2.24) is 14.8 Å². The van der Waals surface area contributed by atoms with Crippen LogP contribution in [0, 0.1) is 5.41 Å². The van der Waals surface area contributed by atoms with E-state index in [0.29, 0.717) is 19.6 Å². The zero-order chi connectivity index (χ0) is 14.0. The van der Waals surface area contributed by atoms with E-state index in [1.54, 1.807) is 17.3 Å². The van der Waals surface area contributed by atoms with E-state index in [2.05, 4.69) is 18.8 Å². The van der Waals surface area contributed by atoms with Gasteiger partial charge in [0, 0.05) is 32.5 Å². The number of urea groups is 1. The molecule has 104 valence electrons. The molecule has 0 spiro atoms. The van der Waals surface area contributed by atoms with Gasteiger partial charge in [0.05, 0.1) is 6.04 Å². The molecule has 1 saturated heterocycles. The van der Waals surface area contributed by atoms with E-state index in [4.69, 9.17) is 5.73 Å². The highest BCUT2D eigenvalue weighted by molar-refractivity contribution is 5.77. The van der Waals surface area contributed by atoms with Crippen molar-refractivity contribution in [3.8, 4) is 0 Å². The molecule has 19 heavy (non-hydrogen) atoms. The Labute approximate surface area is 114 Å². The first-order chi connectivity index (χ1) is 8.94. The summed E-state index contributed by atoms with van der Waals surface area (Å²) in [5.41, 5.74) is 6.82. The fourth-order valence-corrected chi connectivity index (χ4v) is 2.39. The van der Waals surface area contributed by atoms with Crippen LogP contribution < -0.4 is 5.73 Å². The van der Waals surface area contributed by atoms with E-state index < -0.39 is 0 Å². The number of amides is 2. The lowest BCUT2D eigenvalue weighted by atomic mass is 9.93. The monoisotopic (exact) mass is 262 g/mol. The molecule has 1 aliphatic heterocycles. The van der Waals surface area contributed by atoms with Crippen LogP contribution in [0.1, 0.15) is 25.5 Å². The minimum atomic E-state index is -0.0520. The number of pyridine rings is 1. The Balaban J connectivity index is 2.13. The average molecular weight is 262 g/mol. The number of hydrogen-bond donors (Lipinski definition) is 1. The summed E-state index contributed by atoms with van der Waals surface area (Å²) in [4.78, 5) is 20.0. The van der Waals surface area contributed by atoms with E-state index in [0.717, 1.165) is 5.56 Å². The van der Waals surface area contributed by atoms with Gasteiger partial charge >= 0.3 is 6.03 Å². The van der Waals surface area contributed by atoms with Crippen LogP contribution in [0.2, 0.25) is 0 Å². The number of nitrogens with zero attached hydrogens (tertiary/aromatic N) is 3. The second kappa shape index (κ2) is 5.17. The summed E-state index contributed by atoms with van der Waals surface area (Å²) in [7, 11) is 1.85. The van der Waals surface area contributed by atoms with Crippen molar-refractivity contribution in [2.75, 3.05) is 26.7 Å². The first kappa shape index (κ1) is 13.8. The van der Waals surface area contributed by atoms with Crippen molar-refractivity contribution >= 4 is 6.03 Å². The van der Waals surface area contributed by atoms with Gasteiger partial charge in [-0.15, -0.1) is 0 Å². The topological polar surface area (TPSA) is 62.5 Å². The number of carbonyl (C=O) groups is 1. The lowest BCUT2D eigenvalue weighted by Crippen LogP contribution is -2.40. The molecule has 0 saturated carbocycles. The fourth-order valence-electron chi connectivity index (χ4n) is 2.39. The zero-order valence-electron chi connectivity index (χ0n) is 11.8. The summed E-state index contributed by atoms with van der Waals surface area (Å²) in [6, 6.07) is 4.10. The maximum absolute atomic E-state index is 12.3. The fraction of sp³-hybridized carbons (Fsp3) is 0.571. The van der Waals surface area contributed by atoms with Crippen molar-refractivity contribution in [1.29, 1.82) is 0 Å². The maximum atomic E-state index is 12.3. The van der Waals surface area contributed by atoms with Gasteiger partial charge in [0.15, 0.2) is 0 Å². The molecular weight excluding hydrogens is 240 g/mol. The standard InChI is InChI=1S/C14H22N4O/c1-14(2,9-15)10-18-8-12(17(3)13(18)19)11-4-6-16-7-5-11/h4-7,12H,8-10,15H2,1-3H3. The molecule has 1 unspecified atom stereocenters. The first-order valence-electron chi connectivity index (χ1n) is 6.56. The zero-order valence-corrected chi connectivity index (χ0v) is 11.8. The van der Waals surface area contributed by atoms with E-state index in [1.165, 1.54) is 0 Å². The second-order valence-corrected chi connectivity index (χ2v) is 5.94. The first-order valence-corrected chi connectivity index (χ1v) is 6.56. The van der Waals surface area contributed by atoms with Gasteiger partial charge in [-0.2, -0.15) is 0 Å². The van der Waals surface area contributed by atoms with Gasteiger partial charge in [0.1, 0.15) is 0 Å². The van der Waals surface area contributed by atoms with Gasteiger partial charge < -0.3 is 15.5 Å². The molecule has 2 amide bonds. The van der Waals surface area contributed by atoms with Crippen molar-refractivity contribution in [3.05, 3.63) is 30.1 Å². The van der Waals surface area contributed by atoms with E-state index in [9.17, 15) is 4.79 Å². The smallest absolute Gasteiger partial charge is 0.320 e. The number of hydrogen-bond acceptors (Lipinski definition) is 3. The number of nitrogens with two attached hydrogens (primary N) is 1. The van der Waals surface area contributed by atoms with Crippen molar-refractivity contribution < 1.29 is 4.79 Å². The molecule has 1 fully saturated rings. The van der Waals surface area contributed by atoms with Crippen molar-refractivity contribution in [2.24, 2.45) is 11.1 Å². The molecule has 0 bridgehead atoms. The Kier molecular flexibility index (Phi) is 3.75. The second-order valence-electron chi connectivity index (χ2n) is 5.94. The SMILES string of the molecule is CN1C(=O)N(CC(C)(C)CN)CC1c1ccncc1. The third-order valence-electron chi connectivity index (χ3n) is 3.70. The molecule has 0 aliphatic carbocycles. The Morgan fingerprint density at radius 3 is 2.63 bits per heavy atom. The number of likely N-dealkylation sites (N-methyl/N-ethyl adjacent to an activating group) is 1. The third-order valence-corrected chi connectivity index (χ3v) is 3.70. The molecule has 0 aromatic carbocycles. The van der Waals surface area contributed by atoms with Gasteiger partial charge in [-0.05, 0) is 29.7 Å². The summed E-state index contributed by atoms with van der Waals surface area (Å²) < 4.78 is 0. The van der Waals surface area contributed by atoms with Crippen LogP contribution in [0.5, 0.6) is 0 Å². The van der Waals surface area contributed by atoms with Gasteiger partial charge in [0.25, 0.3) is 0 Å². The molecule has 2 N–H and O–H groups in total. The molecule has 5 nitrogen and oxygen atoms in total. The van der Waals surface area contributed by atoms with Crippen LogP contribution in [0.4, 0.5) is 4.79 Å². The average Bonchev–Trinajstić information content (AvgIpc) is 2.68. The highest BCUT2D eigenvalue weighted by atomic mass is 16.2. The molecule has 5 heteroatoms. The quantitative estimate of drug-likeness (QED) is 0.894. The highest BCUT2D eigenvalue weighted by Gasteiger charge is 2.37. The molecule has 1 aromatic rings. The molecular formula is C14H22N4O. The van der Waals surface area contributed by atoms with E-state index in [1.807, 2.05) is 24.1 Å². The van der Waals surface area contributed by atoms with Crippen molar-refractivity contribution in [3.63, 3.8) is 0 Å². The lowest BCUT2D eigenvalue weighted by molar-refractivity contribution is 0.177. The largest absolute Gasteiger partial charge is 0.330 e. The lowest BCUT2D eigenvalue weighted by Gasteiger charge is -2.28. The van der Waals surface area contributed by atoms with Crippen molar-refractivity contribution in [2.45, 2.75) is 19.9 Å². The molecule has 1 atom stereocenters. The van der Waals surface area contributed by atoms with Gasteiger partial charge in [-0.3, -0.25) is 4.98 Å². The summed E-state index contributed by atoms with van der Waals surface area (Å²) in [5, 5.41) is 0. The van der Waals surface area contributed by atoms with Crippen LogP contribution in [0.3, 0.4) is 0 Å². The summed E-state index contributed by atoms with van der Waals surface area (Å²) >= 11 is 0. The van der Waals surface area contributed by atoms with Crippen LogP contribution in [0.15, 0.2) is 24.5 Å². The number of carbonyl (C=O) groups excluding carboxylic acids is 1. The Morgan fingerprint density at radius 2 is 2.05 bits per heavy atom. The van der Waals surface area contributed by atoms with Gasteiger partial charge in [-0.25, -0.2) is 4.79 Å². The molecule has 2 heterocycles. The maximum Gasteiger partial charge on any atom is 0.320 e. The van der Waals surface area contributed by atoms with Crippen LogP contribution >= 0.6 is 0 Å². The predicted octanol–water partition coefficient (Wildman–Crippen LogP) is 1.47. The Bertz CT molecular complexity index is 446. The summed E-state index contributed by atoms with van der Waals surface area (Å²) in [6.07, 6.45) is 3.53. The minimum Gasteiger partial charge on any atom is -0.330 e. The van der Waals surface area contributed by atoms with Gasteiger partial charge in [-0.1, -0.05) is 13.8 Å². The summed E-state index contributed by atoms with van der Waals surface area (Å²) in [6.45, 7) is 6.14. The predicted molar refractivity (Wildman–Crippen MR) is 74.5 cm³/mol.